The zero-order valence-corrected chi connectivity index (χ0v) is 15.0. The average molecular weight is 344 g/mol. The highest BCUT2D eigenvalue weighted by Gasteiger charge is 2.60. The Labute approximate surface area is 149 Å². The maximum absolute atomic E-state index is 13.0. The molecular formula is C20H28N2O3. The Hall–Kier alpha value is -1.88. The number of nitrogens with zero attached hydrogens (tertiary/aromatic N) is 1. The molecule has 2 amide bonds. The van der Waals surface area contributed by atoms with E-state index >= 15 is 0 Å². The predicted octanol–water partition coefficient (Wildman–Crippen LogP) is 2.67. The number of likely N-dealkylation sites (tertiary alicyclic amines) is 1. The van der Waals surface area contributed by atoms with Crippen LogP contribution in [0.25, 0.3) is 0 Å². The Morgan fingerprint density at radius 1 is 1.24 bits per heavy atom. The van der Waals surface area contributed by atoms with E-state index in [0.29, 0.717) is 13.2 Å². The van der Waals surface area contributed by atoms with Crippen LogP contribution in [0.1, 0.15) is 50.1 Å². The van der Waals surface area contributed by atoms with Gasteiger partial charge >= 0.3 is 0 Å². The Balaban J connectivity index is 1.70. The number of benzene rings is 1. The Morgan fingerprint density at radius 3 is 2.64 bits per heavy atom. The number of carbonyl (C=O) groups is 2. The second-order valence-electron chi connectivity index (χ2n) is 7.16. The maximum atomic E-state index is 13.0. The molecule has 5 nitrogen and oxygen atoms in total. The minimum atomic E-state index is -0.282. The van der Waals surface area contributed by atoms with Crippen LogP contribution < -0.4 is 5.32 Å². The van der Waals surface area contributed by atoms with Gasteiger partial charge in [0.2, 0.25) is 11.8 Å². The molecule has 1 aliphatic carbocycles. The molecule has 1 N–H and O–H groups in total. The van der Waals surface area contributed by atoms with Gasteiger partial charge in [0, 0.05) is 20.3 Å². The number of β-lactam (4-membered cyclic amide) rings is 1. The number of carbonyl (C=O) groups excluding carboxylic acids is 2. The fourth-order valence-electron chi connectivity index (χ4n) is 4.37. The molecule has 1 saturated carbocycles. The van der Waals surface area contributed by atoms with Crippen LogP contribution in [0.2, 0.25) is 0 Å². The van der Waals surface area contributed by atoms with Crippen LogP contribution in [0.3, 0.4) is 0 Å². The molecule has 1 aromatic rings. The van der Waals surface area contributed by atoms with Gasteiger partial charge in [-0.3, -0.25) is 9.59 Å². The molecule has 1 saturated heterocycles. The van der Waals surface area contributed by atoms with Gasteiger partial charge in [-0.25, -0.2) is 0 Å². The SMILES string of the molecule is COCCCNC(=O)CN1C(=O)C2(CCCCC2)C1c1ccccc1. The minimum Gasteiger partial charge on any atom is -0.385 e. The van der Waals surface area contributed by atoms with Crippen LogP contribution in [0, 0.1) is 5.41 Å². The third-order valence-corrected chi connectivity index (χ3v) is 5.54. The molecule has 1 unspecified atom stereocenters. The average Bonchev–Trinajstić information content (AvgIpc) is 2.66. The molecule has 136 valence electrons. The summed E-state index contributed by atoms with van der Waals surface area (Å²) < 4.78 is 4.99. The molecule has 5 heteroatoms. The van der Waals surface area contributed by atoms with Crippen molar-refractivity contribution < 1.29 is 14.3 Å². The second kappa shape index (κ2) is 8.00. The van der Waals surface area contributed by atoms with E-state index in [0.717, 1.165) is 37.7 Å². The third kappa shape index (κ3) is 3.56. The van der Waals surface area contributed by atoms with Gasteiger partial charge in [-0.15, -0.1) is 0 Å². The van der Waals surface area contributed by atoms with E-state index in [-0.39, 0.29) is 29.8 Å². The topological polar surface area (TPSA) is 58.6 Å². The lowest BCUT2D eigenvalue weighted by atomic mass is 9.60. The molecule has 1 spiro atoms. The lowest BCUT2D eigenvalue weighted by molar-refractivity contribution is -0.180. The summed E-state index contributed by atoms with van der Waals surface area (Å²) in [5.74, 6) is 0.0733. The van der Waals surface area contributed by atoms with E-state index in [1.165, 1.54) is 6.42 Å². The van der Waals surface area contributed by atoms with Crippen molar-refractivity contribution in [2.24, 2.45) is 5.41 Å². The first kappa shape index (κ1) is 17.9. The smallest absolute Gasteiger partial charge is 0.239 e. The van der Waals surface area contributed by atoms with E-state index in [2.05, 4.69) is 17.4 Å². The van der Waals surface area contributed by atoms with Crippen LogP contribution in [-0.4, -0.2) is 43.5 Å². The van der Waals surface area contributed by atoms with Gasteiger partial charge in [-0.1, -0.05) is 49.6 Å². The fraction of sp³-hybridized carbons (Fsp3) is 0.600. The summed E-state index contributed by atoms with van der Waals surface area (Å²) in [6.07, 6.45) is 6.08. The van der Waals surface area contributed by atoms with E-state index in [1.807, 2.05) is 18.2 Å². The highest BCUT2D eigenvalue weighted by atomic mass is 16.5. The number of hydrogen-bond donors (Lipinski definition) is 1. The molecule has 3 rings (SSSR count). The highest BCUT2D eigenvalue weighted by molar-refractivity contribution is 5.94. The molecule has 2 fully saturated rings. The summed E-state index contributed by atoms with van der Waals surface area (Å²) in [7, 11) is 1.65. The lowest BCUT2D eigenvalue weighted by Gasteiger charge is -2.58. The van der Waals surface area contributed by atoms with E-state index in [4.69, 9.17) is 4.74 Å². The third-order valence-electron chi connectivity index (χ3n) is 5.54. The number of methoxy groups -OCH3 is 1. The second-order valence-corrected chi connectivity index (χ2v) is 7.16. The summed E-state index contributed by atoms with van der Waals surface area (Å²) in [5.41, 5.74) is 0.867. The van der Waals surface area contributed by atoms with E-state index in [1.54, 1.807) is 12.0 Å². The van der Waals surface area contributed by atoms with Crippen LogP contribution in [0.5, 0.6) is 0 Å². The fourth-order valence-corrected chi connectivity index (χ4v) is 4.37. The summed E-state index contributed by atoms with van der Waals surface area (Å²) in [5, 5.41) is 2.89. The van der Waals surface area contributed by atoms with Crippen molar-refractivity contribution in [3.63, 3.8) is 0 Å². The highest BCUT2D eigenvalue weighted by Crippen LogP contribution is 2.57. The van der Waals surface area contributed by atoms with Gasteiger partial charge < -0.3 is 15.0 Å². The lowest BCUT2D eigenvalue weighted by Crippen LogP contribution is -2.65. The number of ether oxygens (including phenoxy) is 1. The zero-order valence-electron chi connectivity index (χ0n) is 15.0. The van der Waals surface area contributed by atoms with Gasteiger partial charge in [0.05, 0.1) is 11.5 Å². The normalized spacial score (nSPS) is 21.9. The summed E-state index contributed by atoms with van der Waals surface area (Å²) in [6, 6.07) is 10.2. The van der Waals surface area contributed by atoms with Crippen molar-refractivity contribution in [2.75, 3.05) is 26.8 Å². The van der Waals surface area contributed by atoms with E-state index < -0.39 is 0 Å². The summed E-state index contributed by atoms with van der Waals surface area (Å²) in [6.45, 7) is 1.35. The van der Waals surface area contributed by atoms with E-state index in [9.17, 15) is 9.59 Å². The van der Waals surface area contributed by atoms with Crippen molar-refractivity contribution in [3.05, 3.63) is 35.9 Å². The molecule has 25 heavy (non-hydrogen) atoms. The predicted molar refractivity (Wildman–Crippen MR) is 95.9 cm³/mol. The molecule has 0 aromatic heterocycles. The molecule has 1 aromatic carbocycles. The maximum Gasteiger partial charge on any atom is 0.239 e. The molecular weight excluding hydrogens is 316 g/mol. The number of hydrogen-bond acceptors (Lipinski definition) is 3. The van der Waals surface area contributed by atoms with Crippen molar-refractivity contribution in [1.29, 1.82) is 0 Å². The quantitative estimate of drug-likeness (QED) is 0.611. The van der Waals surface area contributed by atoms with Crippen molar-refractivity contribution in [2.45, 2.75) is 44.6 Å². The number of amides is 2. The molecule has 0 bridgehead atoms. The van der Waals surface area contributed by atoms with Gasteiger partial charge in [-0.05, 0) is 24.8 Å². The monoisotopic (exact) mass is 344 g/mol. The first-order valence-corrected chi connectivity index (χ1v) is 9.31. The van der Waals surface area contributed by atoms with Crippen LogP contribution in [-0.2, 0) is 14.3 Å². The largest absolute Gasteiger partial charge is 0.385 e. The minimum absolute atomic E-state index is 0.0335. The molecule has 1 atom stereocenters. The Morgan fingerprint density at radius 2 is 1.96 bits per heavy atom. The summed E-state index contributed by atoms with van der Waals surface area (Å²) >= 11 is 0. The van der Waals surface area contributed by atoms with Gasteiger partial charge in [0.1, 0.15) is 6.54 Å². The van der Waals surface area contributed by atoms with Crippen LogP contribution in [0.4, 0.5) is 0 Å². The van der Waals surface area contributed by atoms with Crippen molar-refractivity contribution in [1.82, 2.24) is 10.2 Å². The molecule has 1 heterocycles. The first-order valence-electron chi connectivity index (χ1n) is 9.31. The van der Waals surface area contributed by atoms with Crippen LogP contribution >= 0.6 is 0 Å². The van der Waals surface area contributed by atoms with Crippen molar-refractivity contribution >= 4 is 11.8 Å². The van der Waals surface area contributed by atoms with Gasteiger partial charge in [-0.2, -0.15) is 0 Å². The Kier molecular flexibility index (Phi) is 5.74. The van der Waals surface area contributed by atoms with Gasteiger partial charge in [0.25, 0.3) is 0 Å². The number of nitrogens with one attached hydrogen (secondary N) is 1. The first-order chi connectivity index (χ1) is 12.2. The zero-order chi connectivity index (χ0) is 17.7. The number of rotatable bonds is 7. The van der Waals surface area contributed by atoms with Crippen molar-refractivity contribution in [3.8, 4) is 0 Å². The standard InChI is InChI=1S/C20H28N2O3/c1-25-14-8-13-21-17(23)15-22-18(16-9-4-2-5-10-16)20(19(22)24)11-6-3-7-12-20/h2,4-5,9-10,18H,3,6-8,11-15H2,1H3,(H,21,23). The molecule has 2 aliphatic rings. The van der Waals surface area contributed by atoms with Gasteiger partial charge in [0.15, 0.2) is 0 Å². The molecule has 0 radical (unpaired) electrons. The van der Waals surface area contributed by atoms with Crippen LogP contribution in [0.15, 0.2) is 30.3 Å². The Bertz CT molecular complexity index is 596. The molecule has 1 aliphatic heterocycles. The summed E-state index contributed by atoms with van der Waals surface area (Å²) in [4.78, 5) is 27.0.